The minimum absolute atomic E-state index is 0.0139. The first-order valence-electron chi connectivity index (χ1n) is 7.27. The van der Waals surface area contributed by atoms with Gasteiger partial charge in [0.1, 0.15) is 0 Å². The van der Waals surface area contributed by atoms with Crippen molar-refractivity contribution in [1.29, 1.82) is 0 Å². The molecule has 1 fully saturated rings. The second-order valence-corrected chi connectivity index (χ2v) is 20.7. The van der Waals surface area contributed by atoms with Gasteiger partial charge in [-0.2, -0.15) is 0 Å². The van der Waals surface area contributed by atoms with Gasteiger partial charge in [0.25, 0.3) is 0 Å². The standard InChI is InChI=1S/C11H17N2O2.3CH3.Sn/c1-9(8-10-12-5-6-13-10)15-11-4-2-3-7-14-11;;;;/h5,9,11H,2-4,7-8H2,1H3,(H,12,13);3*1H3;. The zero-order valence-electron chi connectivity index (χ0n) is 12.5. The average molecular weight is 373 g/mol. The van der Waals surface area contributed by atoms with Gasteiger partial charge in [-0.3, -0.25) is 0 Å². The SMILES string of the molecule is CC(Cc1n[c]([Sn]([CH3])([CH3])[CH3])c[nH]1)OC1CCCCO1. The maximum absolute atomic E-state index is 5.92. The molecule has 0 spiro atoms. The van der Waals surface area contributed by atoms with Gasteiger partial charge in [0, 0.05) is 0 Å². The van der Waals surface area contributed by atoms with Crippen molar-refractivity contribution in [1.82, 2.24) is 9.97 Å². The van der Waals surface area contributed by atoms with Crippen LogP contribution in [0.15, 0.2) is 6.20 Å². The zero-order chi connectivity index (χ0) is 13.9. The van der Waals surface area contributed by atoms with E-state index in [4.69, 9.17) is 14.5 Å². The van der Waals surface area contributed by atoms with Gasteiger partial charge in [-0.15, -0.1) is 0 Å². The molecule has 1 aromatic rings. The van der Waals surface area contributed by atoms with E-state index in [1.54, 1.807) is 0 Å². The molecule has 0 saturated carbocycles. The Balaban J connectivity index is 1.84. The van der Waals surface area contributed by atoms with Crippen molar-refractivity contribution in [3.05, 3.63) is 12.0 Å². The molecule has 2 atom stereocenters. The molecular formula is C14H26N2O2Sn. The van der Waals surface area contributed by atoms with Gasteiger partial charge in [-0.25, -0.2) is 0 Å². The molecule has 1 aliphatic heterocycles. The molecule has 1 N–H and O–H groups in total. The molecule has 108 valence electrons. The van der Waals surface area contributed by atoms with Crippen molar-refractivity contribution in [2.75, 3.05) is 6.61 Å². The number of ether oxygens (including phenoxy) is 2. The molecule has 0 aromatic carbocycles. The third-order valence-electron chi connectivity index (χ3n) is 3.40. The predicted octanol–water partition coefficient (Wildman–Crippen LogP) is 2.43. The molecule has 2 rings (SSSR count). The quantitative estimate of drug-likeness (QED) is 0.807. The van der Waals surface area contributed by atoms with Crippen LogP contribution in [0.4, 0.5) is 0 Å². The first-order chi connectivity index (χ1) is 8.95. The fourth-order valence-corrected chi connectivity index (χ4v) is 5.03. The third-order valence-corrected chi connectivity index (χ3v) is 8.52. The Morgan fingerprint density at radius 3 is 2.84 bits per heavy atom. The van der Waals surface area contributed by atoms with Crippen LogP contribution < -0.4 is 3.71 Å². The molecule has 19 heavy (non-hydrogen) atoms. The summed E-state index contributed by atoms with van der Waals surface area (Å²) in [5.74, 6) is 1.05. The summed E-state index contributed by atoms with van der Waals surface area (Å²) in [5, 5.41) is 0. The molecule has 2 heterocycles. The molecule has 4 nitrogen and oxygen atoms in total. The number of hydrogen-bond donors (Lipinski definition) is 1. The normalized spacial score (nSPS) is 22.4. The first-order valence-corrected chi connectivity index (χ1v) is 17.3. The molecule has 0 radical (unpaired) electrons. The van der Waals surface area contributed by atoms with Crippen LogP contribution >= 0.6 is 0 Å². The van der Waals surface area contributed by atoms with Crippen LogP contribution in [-0.2, 0) is 15.9 Å². The van der Waals surface area contributed by atoms with E-state index in [0.717, 1.165) is 31.7 Å². The van der Waals surface area contributed by atoms with Crippen LogP contribution in [-0.4, -0.2) is 47.3 Å². The summed E-state index contributed by atoms with van der Waals surface area (Å²) in [6, 6.07) is 0. The van der Waals surface area contributed by atoms with Gasteiger partial charge in [0.05, 0.1) is 0 Å². The van der Waals surface area contributed by atoms with E-state index >= 15 is 0 Å². The van der Waals surface area contributed by atoms with Crippen LogP contribution in [0.2, 0.25) is 14.8 Å². The molecule has 1 aliphatic rings. The minimum atomic E-state index is -2.03. The summed E-state index contributed by atoms with van der Waals surface area (Å²) >= 11 is -2.03. The van der Waals surface area contributed by atoms with Crippen LogP contribution in [0, 0.1) is 0 Å². The summed E-state index contributed by atoms with van der Waals surface area (Å²) in [4.78, 5) is 15.2. The Kier molecular flexibility index (Phi) is 5.31. The van der Waals surface area contributed by atoms with E-state index in [0.29, 0.717) is 0 Å². The van der Waals surface area contributed by atoms with E-state index in [-0.39, 0.29) is 12.4 Å². The number of rotatable bonds is 5. The number of aromatic nitrogens is 2. The van der Waals surface area contributed by atoms with E-state index in [2.05, 4.69) is 32.9 Å². The fourth-order valence-electron chi connectivity index (χ4n) is 2.25. The predicted molar refractivity (Wildman–Crippen MR) is 79.4 cm³/mol. The number of nitrogens with zero attached hydrogens (tertiary/aromatic N) is 1. The fraction of sp³-hybridized carbons (Fsp3) is 0.786. The van der Waals surface area contributed by atoms with E-state index in [9.17, 15) is 0 Å². The summed E-state index contributed by atoms with van der Waals surface area (Å²) in [6.07, 6.45) is 6.45. The van der Waals surface area contributed by atoms with Crippen LogP contribution in [0.25, 0.3) is 0 Å². The molecular weight excluding hydrogens is 347 g/mol. The summed E-state index contributed by atoms with van der Waals surface area (Å²) in [7, 11) is 0. The van der Waals surface area contributed by atoms with Gasteiger partial charge >= 0.3 is 120 Å². The second-order valence-electron chi connectivity index (χ2n) is 6.43. The molecule has 0 amide bonds. The van der Waals surface area contributed by atoms with E-state index in [1.165, 1.54) is 10.1 Å². The number of aromatic amines is 1. The molecule has 1 saturated heterocycles. The van der Waals surface area contributed by atoms with Gasteiger partial charge < -0.3 is 0 Å². The molecule has 0 bridgehead atoms. The molecule has 5 heteroatoms. The Morgan fingerprint density at radius 1 is 1.47 bits per heavy atom. The van der Waals surface area contributed by atoms with Crippen molar-refractivity contribution in [2.45, 2.75) is 59.8 Å². The van der Waals surface area contributed by atoms with Crippen molar-refractivity contribution in [3.63, 3.8) is 0 Å². The van der Waals surface area contributed by atoms with E-state index in [1.807, 2.05) is 0 Å². The molecule has 1 aromatic heterocycles. The van der Waals surface area contributed by atoms with Crippen molar-refractivity contribution < 1.29 is 9.47 Å². The molecule has 2 unspecified atom stereocenters. The maximum atomic E-state index is 5.92. The molecule has 0 aliphatic carbocycles. The number of hydrogen-bond acceptors (Lipinski definition) is 3. The van der Waals surface area contributed by atoms with Gasteiger partial charge in [0.15, 0.2) is 0 Å². The van der Waals surface area contributed by atoms with E-state index < -0.39 is 18.4 Å². The number of nitrogens with one attached hydrogen (secondary N) is 1. The Labute approximate surface area is 120 Å². The topological polar surface area (TPSA) is 47.1 Å². The number of H-pyrrole nitrogens is 1. The monoisotopic (exact) mass is 374 g/mol. The first kappa shape index (κ1) is 15.3. The van der Waals surface area contributed by atoms with Gasteiger partial charge in [0.2, 0.25) is 0 Å². The summed E-state index contributed by atoms with van der Waals surface area (Å²) in [5.41, 5.74) is 0. The van der Waals surface area contributed by atoms with Crippen molar-refractivity contribution in [2.24, 2.45) is 0 Å². The van der Waals surface area contributed by atoms with Crippen molar-refractivity contribution in [3.8, 4) is 0 Å². The Bertz CT molecular complexity index is 394. The second kappa shape index (κ2) is 6.59. The summed E-state index contributed by atoms with van der Waals surface area (Å²) in [6.45, 7) is 2.93. The zero-order valence-corrected chi connectivity index (χ0v) is 15.4. The number of imidazole rings is 1. The van der Waals surface area contributed by atoms with Crippen LogP contribution in [0.5, 0.6) is 0 Å². The average Bonchev–Trinajstić information content (AvgIpc) is 2.78. The van der Waals surface area contributed by atoms with Crippen LogP contribution in [0.1, 0.15) is 32.0 Å². The summed E-state index contributed by atoms with van der Waals surface area (Å²) < 4.78 is 12.8. The van der Waals surface area contributed by atoms with Gasteiger partial charge in [-0.1, -0.05) is 0 Å². The van der Waals surface area contributed by atoms with Crippen LogP contribution in [0.3, 0.4) is 0 Å². The van der Waals surface area contributed by atoms with Crippen molar-refractivity contribution >= 4 is 22.1 Å². The Morgan fingerprint density at radius 2 is 2.26 bits per heavy atom. The third kappa shape index (κ3) is 4.76. The van der Waals surface area contributed by atoms with Gasteiger partial charge in [-0.05, 0) is 0 Å². The Hall–Kier alpha value is -0.0713.